The van der Waals surface area contributed by atoms with Gasteiger partial charge in [-0.05, 0) is 0 Å². The smallest absolute Gasteiger partial charge is 0.358 e. The van der Waals surface area contributed by atoms with Gasteiger partial charge in [-0.1, -0.05) is 5.21 Å². The van der Waals surface area contributed by atoms with Crippen LogP contribution in [0.2, 0.25) is 0 Å². The molecule has 0 aliphatic rings. The van der Waals surface area contributed by atoms with Crippen LogP contribution in [0.4, 0.5) is 0 Å². The van der Waals surface area contributed by atoms with Crippen molar-refractivity contribution in [1.29, 1.82) is 0 Å². The van der Waals surface area contributed by atoms with E-state index in [-0.39, 0.29) is 18.1 Å². The van der Waals surface area contributed by atoms with Crippen molar-refractivity contribution in [3.05, 3.63) is 11.9 Å². The second-order valence-electron chi connectivity index (χ2n) is 3.97. The van der Waals surface area contributed by atoms with Gasteiger partial charge in [0.1, 0.15) is 6.54 Å². The lowest BCUT2D eigenvalue weighted by Crippen LogP contribution is -2.38. The molecule has 1 aromatic heterocycles. The highest BCUT2D eigenvalue weighted by molar-refractivity contribution is 5.84. The van der Waals surface area contributed by atoms with Gasteiger partial charge in [-0.3, -0.25) is 4.79 Å². The summed E-state index contributed by atoms with van der Waals surface area (Å²) in [6.45, 7) is 1.60. The molecule has 0 aliphatic carbocycles. The van der Waals surface area contributed by atoms with E-state index in [1.807, 2.05) is 0 Å². The average molecular weight is 286 g/mol. The lowest BCUT2D eigenvalue weighted by atomic mass is 10.4. The zero-order chi connectivity index (χ0) is 15.0. The van der Waals surface area contributed by atoms with Crippen molar-refractivity contribution in [3.8, 4) is 0 Å². The van der Waals surface area contributed by atoms with Gasteiger partial charge in [-0.2, -0.15) is 0 Å². The molecule has 1 aromatic rings. The normalized spacial score (nSPS) is 10.5. The third-order valence-electron chi connectivity index (χ3n) is 2.54. The molecule has 9 nitrogen and oxygen atoms in total. The molecule has 0 aromatic carbocycles. The number of rotatable bonds is 9. The minimum absolute atomic E-state index is 0.0757. The Balaban J connectivity index is 2.60. The van der Waals surface area contributed by atoms with E-state index in [1.165, 1.54) is 10.9 Å². The highest BCUT2D eigenvalue weighted by atomic mass is 16.5. The van der Waals surface area contributed by atoms with Crippen LogP contribution in [0.1, 0.15) is 10.5 Å². The first-order valence-corrected chi connectivity index (χ1v) is 5.97. The van der Waals surface area contributed by atoms with Gasteiger partial charge < -0.3 is 19.5 Å². The molecule has 0 atom stereocenters. The first-order chi connectivity index (χ1) is 9.58. The number of hydrogen-bond acceptors (Lipinski definition) is 6. The van der Waals surface area contributed by atoms with Crippen LogP contribution in [0.25, 0.3) is 0 Å². The number of aromatic nitrogens is 3. The molecule has 9 heteroatoms. The number of amides is 1. The van der Waals surface area contributed by atoms with Crippen LogP contribution in [-0.2, 0) is 20.8 Å². The van der Waals surface area contributed by atoms with E-state index in [0.717, 1.165) is 0 Å². The molecule has 0 unspecified atom stereocenters. The molecule has 20 heavy (non-hydrogen) atoms. The van der Waals surface area contributed by atoms with Gasteiger partial charge in [-0.15, -0.1) is 5.10 Å². The zero-order valence-electron chi connectivity index (χ0n) is 11.5. The number of carboxylic acid groups (broad SMARTS) is 1. The minimum atomic E-state index is -1.18. The van der Waals surface area contributed by atoms with E-state index >= 15 is 0 Å². The van der Waals surface area contributed by atoms with Crippen molar-refractivity contribution in [2.75, 3.05) is 40.5 Å². The molecular weight excluding hydrogens is 268 g/mol. The summed E-state index contributed by atoms with van der Waals surface area (Å²) in [6.07, 6.45) is 1.21. The summed E-state index contributed by atoms with van der Waals surface area (Å²) in [6, 6.07) is 0. The summed E-state index contributed by atoms with van der Waals surface area (Å²) in [4.78, 5) is 24.3. The summed E-state index contributed by atoms with van der Waals surface area (Å²) in [7, 11) is 3.10. The quantitative estimate of drug-likeness (QED) is 0.626. The molecule has 0 radical (unpaired) electrons. The van der Waals surface area contributed by atoms with Gasteiger partial charge in [0.05, 0.1) is 19.4 Å². The minimum Gasteiger partial charge on any atom is -0.476 e. The first kappa shape index (κ1) is 16.1. The van der Waals surface area contributed by atoms with Gasteiger partial charge >= 0.3 is 5.97 Å². The molecule has 0 spiro atoms. The Bertz CT molecular complexity index is 440. The van der Waals surface area contributed by atoms with E-state index < -0.39 is 5.97 Å². The Morgan fingerprint density at radius 2 is 1.90 bits per heavy atom. The Morgan fingerprint density at radius 1 is 1.30 bits per heavy atom. The maximum Gasteiger partial charge on any atom is 0.358 e. The Labute approximate surface area is 116 Å². The van der Waals surface area contributed by atoms with Gasteiger partial charge in [-0.25, -0.2) is 9.48 Å². The van der Waals surface area contributed by atoms with Crippen LogP contribution in [0, 0.1) is 0 Å². The van der Waals surface area contributed by atoms with Crippen LogP contribution in [-0.4, -0.2) is 77.4 Å². The molecule has 1 heterocycles. The van der Waals surface area contributed by atoms with Gasteiger partial charge in [0, 0.05) is 27.3 Å². The fraction of sp³-hybridized carbons (Fsp3) is 0.636. The fourth-order valence-corrected chi connectivity index (χ4v) is 1.48. The maximum absolute atomic E-state index is 12.1. The number of carbonyl (C=O) groups excluding carboxylic acids is 1. The predicted molar refractivity (Wildman–Crippen MR) is 67.3 cm³/mol. The molecule has 0 saturated heterocycles. The number of carboxylic acids is 1. The number of aromatic carboxylic acids is 1. The Hall–Kier alpha value is -2.00. The van der Waals surface area contributed by atoms with E-state index in [9.17, 15) is 9.59 Å². The van der Waals surface area contributed by atoms with E-state index in [1.54, 1.807) is 19.1 Å². The van der Waals surface area contributed by atoms with Gasteiger partial charge in [0.25, 0.3) is 0 Å². The third-order valence-corrected chi connectivity index (χ3v) is 2.54. The fourth-order valence-electron chi connectivity index (χ4n) is 1.48. The first-order valence-electron chi connectivity index (χ1n) is 5.97. The predicted octanol–water partition coefficient (Wildman–Crippen LogP) is -0.902. The van der Waals surface area contributed by atoms with Crippen LogP contribution < -0.4 is 0 Å². The molecule has 1 N–H and O–H groups in total. The van der Waals surface area contributed by atoms with Gasteiger partial charge in [0.2, 0.25) is 5.91 Å². The summed E-state index contributed by atoms with van der Waals surface area (Å²) >= 11 is 0. The van der Waals surface area contributed by atoms with Crippen LogP contribution in [0.5, 0.6) is 0 Å². The zero-order valence-corrected chi connectivity index (χ0v) is 11.5. The molecule has 0 fully saturated rings. The Kier molecular flexibility index (Phi) is 6.60. The Morgan fingerprint density at radius 3 is 2.35 bits per heavy atom. The largest absolute Gasteiger partial charge is 0.476 e. The number of hydrogen-bond donors (Lipinski definition) is 1. The molecule has 1 amide bonds. The van der Waals surface area contributed by atoms with Gasteiger partial charge in [0.15, 0.2) is 5.69 Å². The van der Waals surface area contributed by atoms with Crippen LogP contribution in [0.15, 0.2) is 6.20 Å². The van der Waals surface area contributed by atoms with Crippen molar-refractivity contribution in [1.82, 2.24) is 19.9 Å². The van der Waals surface area contributed by atoms with E-state index in [0.29, 0.717) is 26.3 Å². The summed E-state index contributed by atoms with van der Waals surface area (Å²) < 4.78 is 11.1. The lowest BCUT2D eigenvalue weighted by Gasteiger charge is -2.21. The average Bonchev–Trinajstić information content (AvgIpc) is 2.87. The molecule has 0 bridgehead atoms. The van der Waals surface area contributed by atoms with E-state index in [4.69, 9.17) is 14.6 Å². The molecule has 1 rings (SSSR count). The number of ether oxygens (including phenoxy) is 2. The highest BCUT2D eigenvalue weighted by Gasteiger charge is 2.16. The third kappa shape index (κ3) is 4.94. The van der Waals surface area contributed by atoms with Crippen molar-refractivity contribution < 1.29 is 24.2 Å². The lowest BCUT2D eigenvalue weighted by molar-refractivity contribution is -0.133. The van der Waals surface area contributed by atoms with E-state index in [2.05, 4.69) is 10.3 Å². The molecule has 0 saturated carbocycles. The maximum atomic E-state index is 12.1. The monoisotopic (exact) mass is 286 g/mol. The second kappa shape index (κ2) is 8.23. The second-order valence-corrected chi connectivity index (χ2v) is 3.97. The number of methoxy groups -OCH3 is 2. The standard InChI is InChI=1S/C11H18N4O5/c1-19-5-3-14(4-6-20-2)10(16)8-15-7-9(11(17)18)12-13-15/h7H,3-6,8H2,1-2H3,(H,17,18). The van der Waals surface area contributed by atoms with Crippen molar-refractivity contribution in [2.45, 2.75) is 6.54 Å². The molecule has 0 aliphatic heterocycles. The molecular formula is C11H18N4O5. The summed E-state index contributed by atoms with van der Waals surface area (Å²) in [5, 5.41) is 15.8. The van der Waals surface area contributed by atoms with Crippen molar-refractivity contribution >= 4 is 11.9 Å². The summed E-state index contributed by atoms with van der Waals surface area (Å²) in [5.74, 6) is -1.39. The van der Waals surface area contributed by atoms with Crippen molar-refractivity contribution in [2.24, 2.45) is 0 Å². The molecule has 112 valence electrons. The highest BCUT2D eigenvalue weighted by Crippen LogP contribution is 1.97. The summed E-state index contributed by atoms with van der Waals surface area (Å²) in [5.41, 5.74) is -0.196. The van der Waals surface area contributed by atoms with Crippen molar-refractivity contribution in [3.63, 3.8) is 0 Å². The topological polar surface area (TPSA) is 107 Å². The SMILES string of the molecule is COCCN(CCOC)C(=O)Cn1cc(C(=O)O)nn1. The van der Waals surface area contributed by atoms with Crippen LogP contribution >= 0.6 is 0 Å². The number of carbonyl (C=O) groups is 2. The van der Waals surface area contributed by atoms with Crippen LogP contribution in [0.3, 0.4) is 0 Å². The number of nitrogens with zero attached hydrogens (tertiary/aromatic N) is 4.